The van der Waals surface area contributed by atoms with Crippen molar-refractivity contribution in [1.29, 1.82) is 0 Å². The molecule has 0 saturated carbocycles. The van der Waals surface area contributed by atoms with Crippen LogP contribution in [-0.4, -0.2) is 20.1 Å². The average Bonchev–Trinajstić information content (AvgIpc) is 2.98. The summed E-state index contributed by atoms with van der Waals surface area (Å²) in [4.78, 5) is 0. The van der Waals surface area contributed by atoms with Crippen molar-refractivity contribution < 1.29 is 12.8 Å². The number of alkyl halides is 1. The maximum Gasteiger partial charge on any atom is 0.212 e. The van der Waals surface area contributed by atoms with E-state index < -0.39 is 16.1 Å². The van der Waals surface area contributed by atoms with Crippen molar-refractivity contribution >= 4 is 21.6 Å². The first kappa shape index (κ1) is 15.1. The minimum Gasteiger partial charge on any atom is -0.467 e. The molecule has 0 aliphatic heterocycles. The van der Waals surface area contributed by atoms with E-state index in [1.807, 2.05) is 30.3 Å². The van der Waals surface area contributed by atoms with Gasteiger partial charge in [0.2, 0.25) is 10.0 Å². The van der Waals surface area contributed by atoms with Crippen LogP contribution in [0.1, 0.15) is 23.8 Å². The molecule has 0 radical (unpaired) electrons. The molecule has 0 aliphatic carbocycles. The minimum atomic E-state index is -3.41. The number of halogens is 1. The lowest BCUT2D eigenvalue weighted by molar-refractivity contribution is 0.471. The second-order valence-electron chi connectivity index (χ2n) is 4.34. The van der Waals surface area contributed by atoms with Gasteiger partial charge in [0.15, 0.2) is 0 Å². The highest BCUT2D eigenvalue weighted by Gasteiger charge is 2.22. The van der Waals surface area contributed by atoms with Crippen molar-refractivity contribution in [2.24, 2.45) is 0 Å². The predicted molar refractivity (Wildman–Crippen MR) is 79.3 cm³/mol. The molecule has 1 aromatic carbocycles. The molecule has 0 bridgehead atoms. The molecule has 1 atom stereocenters. The summed E-state index contributed by atoms with van der Waals surface area (Å²) in [5.41, 5.74) is 0.830. The number of hydrogen-bond donors (Lipinski definition) is 1. The van der Waals surface area contributed by atoms with Gasteiger partial charge in [-0.15, -0.1) is 11.6 Å². The molecule has 0 amide bonds. The molecule has 0 saturated heterocycles. The second kappa shape index (κ2) is 6.92. The third-order valence-electron chi connectivity index (χ3n) is 2.80. The Bertz CT molecular complexity index is 611. The molecule has 0 aliphatic rings. The van der Waals surface area contributed by atoms with Crippen LogP contribution in [0.15, 0.2) is 53.1 Å². The van der Waals surface area contributed by atoms with Gasteiger partial charge in [0, 0.05) is 5.88 Å². The number of rotatable bonds is 7. The van der Waals surface area contributed by atoms with Crippen LogP contribution in [-0.2, 0) is 10.0 Å². The molecular weight excluding hydrogens is 298 g/mol. The molecule has 2 rings (SSSR count). The van der Waals surface area contributed by atoms with E-state index in [0.717, 1.165) is 5.56 Å². The highest BCUT2D eigenvalue weighted by Crippen LogP contribution is 2.23. The van der Waals surface area contributed by atoms with E-state index >= 15 is 0 Å². The van der Waals surface area contributed by atoms with E-state index in [9.17, 15) is 8.42 Å². The van der Waals surface area contributed by atoms with E-state index in [2.05, 4.69) is 4.72 Å². The Kier molecular flexibility index (Phi) is 5.23. The number of benzene rings is 1. The molecule has 1 heterocycles. The summed E-state index contributed by atoms with van der Waals surface area (Å²) >= 11 is 5.55. The fourth-order valence-electron chi connectivity index (χ4n) is 1.87. The second-order valence-corrected chi connectivity index (χ2v) is 6.59. The number of sulfonamides is 1. The SMILES string of the molecule is O=S(=O)(CCCCl)NC(c1ccccc1)c1ccco1. The molecule has 0 spiro atoms. The van der Waals surface area contributed by atoms with Crippen LogP contribution < -0.4 is 4.72 Å². The molecule has 1 N–H and O–H groups in total. The van der Waals surface area contributed by atoms with Gasteiger partial charge in [-0.05, 0) is 24.1 Å². The van der Waals surface area contributed by atoms with E-state index in [4.69, 9.17) is 16.0 Å². The molecule has 6 heteroatoms. The Morgan fingerprint density at radius 3 is 2.50 bits per heavy atom. The summed E-state index contributed by atoms with van der Waals surface area (Å²) in [5.74, 6) is 0.878. The third kappa shape index (κ3) is 4.10. The van der Waals surface area contributed by atoms with E-state index in [-0.39, 0.29) is 5.75 Å². The Labute approximate surface area is 123 Å². The molecule has 4 nitrogen and oxygen atoms in total. The van der Waals surface area contributed by atoms with Gasteiger partial charge in [-0.3, -0.25) is 0 Å². The molecule has 1 unspecified atom stereocenters. The Hall–Kier alpha value is -1.30. The van der Waals surface area contributed by atoms with Gasteiger partial charge < -0.3 is 4.42 Å². The van der Waals surface area contributed by atoms with Crippen molar-refractivity contribution in [2.75, 3.05) is 11.6 Å². The fraction of sp³-hybridized carbons (Fsp3) is 0.286. The zero-order chi connectivity index (χ0) is 14.4. The predicted octanol–water partition coefficient (Wildman–Crippen LogP) is 2.92. The third-order valence-corrected chi connectivity index (χ3v) is 4.49. The summed E-state index contributed by atoms with van der Waals surface area (Å²) in [7, 11) is -3.41. The zero-order valence-corrected chi connectivity index (χ0v) is 12.4. The van der Waals surface area contributed by atoms with Gasteiger partial charge in [-0.2, -0.15) is 0 Å². The maximum atomic E-state index is 12.1. The lowest BCUT2D eigenvalue weighted by atomic mass is 10.1. The number of hydrogen-bond acceptors (Lipinski definition) is 3. The Morgan fingerprint density at radius 2 is 1.90 bits per heavy atom. The molecule has 1 aromatic heterocycles. The molecule has 0 fully saturated rings. The van der Waals surface area contributed by atoms with Gasteiger partial charge in [0.05, 0.1) is 12.0 Å². The first-order chi connectivity index (χ1) is 9.62. The van der Waals surface area contributed by atoms with Gasteiger partial charge >= 0.3 is 0 Å². The molecule has 20 heavy (non-hydrogen) atoms. The van der Waals surface area contributed by atoms with Crippen LogP contribution in [0.4, 0.5) is 0 Å². The Balaban J connectivity index is 2.25. The fourth-order valence-corrected chi connectivity index (χ4v) is 3.42. The first-order valence-corrected chi connectivity index (χ1v) is 8.45. The van der Waals surface area contributed by atoms with Gasteiger partial charge in [-0.25, -0.2) is 13.1 Å². The van der Waals surface area contributed by atoms with Crippen molar-refractivity contribution in [2.45, 2.75) is 12.5 Å². The summed E-state index contributed by atoms with van der Waals surface area (Å²) in [5, 5.41) is 0. The largest absolute Gasteiger partial charge is 0.467 e. The van der Waals surface area contributed by atoms with E-state index in [0.29, 0.717) is 18.1 Å². The van der Waals surface area contributed by atoms with Crippen molar-refractivity contribution in [1.82, 2.24) is 4.72 Å². The number of furan rings is 1. The van der Waals surface area contributed by atoms with Crippen LogP contribution in [0.3, 0.4) is 0 Å². The minimum absolute atomic E-state index is 0.000538. The lowest BCUT2D eigenvalue weighted by Gasteiger charge is -2.17. The maximum absolute atomic E-state index is 12.1. The van der Waals surface area contributed by atoms with Gasteiger partial charge in [-0.1, -0.05) is 30.3 Å². The normalized spacial score (nSPS) is 13.2. The summed E-state index contributed by atoms with van der Waals surface area (Å²) in [6.07, 6.45) is 1.94. The van der Waals surface area contributed by atoms with E-state index in [1.54, 1.807) is 12.1 Å². The molecule has 2 aromatic rings. The number of nitrogens with one attached hydrogen (secondary N) is 1. The van der Waals surface area contributed by atoms with E-state index in [1.165, 1.54) is 6.26 Å². The Morgan fingerprint density at radius 1 is 1.15 bits per heavy atom. The van der Waals surface area contributed by atoms with Crippen molar-refractivity contribution in [3.8, 4) is 0 Å². The standard InChI is InChI=1S/C14H16ClNO3S/c15-9-5-11-20(17,18)16-14(13-8-4-10-19-13)12-6-2-1-3-7-12/h1-4,6-8,10,14,16H,5,9,11H2. The quantitative estimate of drug-likeness (QED) is 0.800. The zero-order valence-electron chi connectivity index (χ0n) is 10.8. The lowest BCUT2D eigenvalue weighted by Crippen LogP contribution is -2.31. The highest BCUT2D eigenvalue weighted by atomic mass is 35.5. The average molecular weight is 314 g/mol. The molecule has 108 valence electrons. The van der Waals surface area contributed by atoms with Gasteiger partial charge in [0.1, 0.15) is 11.8 Å². The topological polar surface area (TPSA) is 59.3 Å². The highest BCUT2D eigenvalue weighted by molar-refractivity contribution is 7.89. The van der Waals surface area contributed by atoms with Crippen LogP contribution in [0.25, 0.3) is 0 Å². The van der Waals surface area contributed by atoms with Crippen molar-refractivity contribution in [3.63, 3.8) is 0 Å². The summed E-state index contributed by atoms with van der Waals surface area (Å²) in [6.45, 7) is 0. The first-order valence-electron chi connectivity index (χ1n) is 6.27. The monoisotopic (exact) mass is 313 g/mol. The van der Waals surface area contributed by atoms with Crippen LogP contribution in [0.2, 0.25) is 0 Å². The van der Waals surface area contributed by atoms with Gasteiger partial charge in [0.25, 0.3) is 0 Å². The smallest absolute Gasteiger partial charge is 0.212 e. The molecular formula is C14H16ClNO3S. The van der Waals surface area contributed by atoms with Crippen LogP contribution in [0.5, 0.6) is 0 Å². The van der Waals surface area contributed by atoms with Crippen LogP contribution in [0, 0.1) is 0 Å². The van der Waals surface area contributed by atoms with Crippen LogP contribution >= 0.6 is 11.6 Å². The van der Waals surface area contributed by atoms with Crippen molar-refractivity contribution in [3.05, 3.63) is 60.1 Å². The summed E-state index contributed by atoms with van der Waals surface area (Å²) < 4.78 is 32.1. The summed E-state index contributed by atoms with van der Waals surface area (Å²) in [6, 6.07) is 12.3.